The van der Waals surface area contributed by atoms with E-state index in [-0.39, 0.29) is 5.91 Å². The Bertz CT molecular complexity index is 598. The highest BCUT2D eigenvalue weighted by molar-refractivity contribution is 5.95. The van der Waals surface area contributed by atoms with E-state index >= 15 is 0 Å². The van der Waals surface area contributed by atoms with Crippen LogP contribution in [0.15, 0.2) is 24.3 Å². The molecule has 1 aromatic rings. The molecule has 24 heavy (non-hydrogen) atoms. The minimum Gasteiger partial charge on any atom is -0.444 e. The van der Waals surface area contributed by atoms with E-state index in [2.05, 4.69) is 10.6 Å². The molecule has 5 heteroatoms. The van der Waals surface area contributed by atoms with Gasteiger partial charge in [-0.1, -0.05) is 0 Å². The maximum absolute atomic E-state index is 12.4. The van der Waals surface area contributed by atoms with Crippen LogP contribution in [0.3, 0.4) is 0 Å². The number of hydrogen-bond acceptors (Lipinski definition) is 3. The fraction of sp³-hybridized carbons (Fsp3) is 0.579. The van der Waals surface area contributed by atoms with Crippen LogP contribution in [0.25, 0.3) is 0 Å². The molecule has 0 aliphatic heterocycles. The molecule has 1 aromatic carbocycles. The Morgan fingerprint density at radius 2 is 1.58 bits per heavy atom. The van der Waals surface area contributed by atoms with Crippen LogP contribution in [0.4, 0.5) is 10.5 Å². The molecule has 130 valence electrons. The van der Waals surface area contributed by atoms with Gasteiger partial charge in [0.25, 0.3) is 5.91 Å². The first-order valence-electron chi connectivity index (χ1n) is 8.73. The summed E-state index contributed by atoms with van der Waals surface area (Å²) in [6.45, 7) is 5.45. The molecule has 0 unspecified atom stereocenters. The number of amides is 2. The fourth-order valence-electron chi connectivity index (χ4n) is 2.89. The number of carbonyl (C=O) groups is 2. The number of benzene rings is 1. The van der Waals surface area contributed by atoms with Gasteiger partial charge < -0.3 is 10.1 Å². The molecule has 2 saturated carbocycles. The summed E-state index contributed by atoms with van der Waals surface area (Å²) >= 11 is 0. The molecule has 0 heterocycles. The second kappa shape index (κ2) is 6.46. The van der Waals surface area contributed by atoms with Crippen LogP contribution in [0, 0.1) is 11.8 Å². The first kappa shape index (κ1) is 16.8. The van der Waals surface area contributed by atoms with Crippen molar-refractivity contribution in [1.29, 1.82) is 0 Å². The van der Waals surface area contributed by atoms with Crippen molar-refractivity contribution in [3.63, 3.8) is 0 Å². The van der Waals surface area contributed by atoms with Gasteiger partial charge in [0.2, 0.25) is 0 Å². The highest BCUT2D eigenvalue weighted by Crippen LogP contribution is 2.44. The van der Waals surface area contributed by atoms with Crippen LogP contribution >= 0.6 is 0 Å². The molecule has 2 aliphatic rings. The number of ether oxygens (including phenoxy) is 1. The zero-order valence-electron chi connectivity index (χ0n) is 14.6. The standard InChI is InChI=1S/C19H26N2O3/c1-19(2,3)24-18(23)20-15-10-8-14(9-11-15)17(22)21-16(12-4-5-12)13-6-7-13/h8-13,16H,4-7H2,1-3H3,(H,20,23)(H,21,22). The maximum atomic E-state index is 12.4. The Balaban J connectivity index is 1.55. The average Bonchev–Trinajstić information content (AvgIpc) is 3.36. The van der Waals surface area contributed by atoms with Crippen LogP contribution in [-0.4, -0.2) is 23.6 Å². The highest BCUT2D eigenvalue weighted by Gasteiger charge is 2.42. The topological polar surface area (TPSA) is 67.4 Å². The number of anilines is 1. The molecule has 0 saturated heterocycles. The van der Waals surface area contributed by atoms with Crippen molar-refractivity contribution >= 4 is 17.7 Å². The van der Waals surface area contributed by atoms with E-state index in [1.807, 2.05) is 20.8 Å². The van der Waals surface area contributed by atoms with Crippen molar-refractivity contribution in [2.75, 3.05) is 5.32 Å². The lowest BCUT2D eigenvalue weighted by molar-refractivity contribution is 0.0635. The highest BCUT2D eigenvalue weighted by atomic mass is 16.6. The van der Waals surface area contributed by atoms with Gasteiger partial charge >= 0.3 is 6.09 Å². The van der Waals surface area contributed by atoms with E-state index in [1.54, 1.807) is 24.3 Å². The molecule has 0 bridgehead atoms. The minimum absolute atomic E-state index is 0.0254. The number of carbonyl (C=O) groups excluding carboxylic acids is 2. The molecule has 2 fully saturated rings. The molecular weight excluding hydrogens is 304 g/mol. The normalized spacial score (nSPS) is 17.5. The molecule has 2 amide bonds. The Hall–Kier alpha value is -2.04. The van der Waals surface area contributed by atoms with Gasteiger partial charge in [0.1, 0.15) is 5.60 Å². The van der Waals surface area contributed by atoms with Gasteiger partial charge in [0.05, 0.1) is 0 Å². The van der Waals surface area contributed by atoms with Gasteiger partial charge in [-0.25, -0.2) is 4.79 Å². The second-order valence-corrected chi connectivity index (χ2v) is 7.88. The van der Waals surface area contributed by atoms with E-state index in [4.69, 9.17) is 4.74 Å². The summed E-state index contributed by atoms with van der Waals surface area (Å²) in [5.74, 6) is 1.33. The van der Waals surface area contributed by atoms with Crippen molar-refractivity contribution in [1.82, 2.24) is 5.32 Å². The summed E-state index contributed by atoms with van der Waals surface area (Å²) in [7, 11) is 0. The predicted octanol–water partition coefficient (Wildman–Crippen LogP) is 3.95. The van der Waals surface area contributed by atoms with Gasteiger partial charge in [0, 0.05) is 17.3 Å². The van der Waals surface area contributed by atoms with E-state index in [0.29, 0.717) is 29.1 Å². The van der Waals surface area contributed by atoms with Crippen LogP contribution in [0.5, 0.6) is 0 Å². The minimum atomic E-state index is -0.537. The third kappa shape index (κ3) is 4.73. The summed E-state index contributed by atoms with van der Waals surface area (Å²) in [6, 6.07) is 7.26. The van der Waals surface area contributed by atoms with E-state index in [0.717, 1.165) is 0 Å². The van der Waals surface area contributed by atoms with Crippen molar-refractivity contribution in [3.05, 3.63) is 29.8 Å². The predicted molar refractivity (Wildman–Crippen MR) is 93.0 cm³/mol. The van der Waals surface area contributed by atoms with Gasteiger partial charge in [-0.15, -0.1) is 0 Å². The van der Waals surface area contributed by atoms with Gasteiger partial charge in [-0.3, -0.25) is 10.1 Å². The van der Waals surface area contributed by atoms with Crippen molar-refractivity contribution in [3.8, 4) is 0 Å². The fourth-order valence-corrected chi connectivity index (χ4v) is 2.89. The van der Waals surface area contributed by atoms with E-state index < -0.39 is 11.7 Å². The zero-order valence-corrected chi connectivity index (χ0v) is 14.6. The number of rotatable bonds is 5. The van der Waals surface area contributed by atoms with Crippen LogP contribution in [0.1, 0.15) is 56.8 Å². The molecule has 0 atom stereocenters. The summed E-state index contributed by atoms with van der Waals surface area (Å²) < 4.78 is 5.21. The summed E-state index contributed by atoms with van der Waals surface area (Å²) in [5.41, 5.74) is 0.697. The smallest absolute Gasteiger partial charge is 0.412 e. The molecule has 0 radical (unpaired) electrons. The van der Waals surface area contributed by atoms with Crippen molar-refractivity contribution in [2.45, 2.75) is 58.1 Å². The lowest BCUT2D eigenvalue weighted by Crippen LogP contribution is -2.38. The molecule has 0 aromatic heterocycles. The summed E-state index contributed by atoms with van der Waals surface area (Å²) in [5, 5.41) is 5.87. The lowest BCUT2D eigenvalue weighted by Gasteiger charge is -2.20. The second-order valence-electron chi connectivity index (χ2n) is 7.88. The van der Waals surface area contributed by atoms with Crippen LogP contribution in [-0.2, 0) is 4.74 Å². The van der Waals surface area contributed by atoms with E-state index in [1.165, 1.54) is 25.7 Å². The Morgan fingerprint density at radius 1 is 1.04 bits per heavy atom. The van der Waals surface area contributed by atoms with Crippen molar-refractivity contribution in [2.24, 2.45) is 11.8 Å². The molecule has 3 rings (SSSR count). The van der Waals surface area contributed by atoms with E-state index in [9.17, 15) is 9.59 Å². The third-order valence-corrected chi connectivity index (χ3v) is 4.35. The van der Waals surface area contributed by atoms with Crippen molar-refractivity contribution < 1.29 is 14.3 Å². The number of nitrogens with one attached hydrogen (secondary N) is 2. The lowest BCUT2D eigenvalue weighted by atomic mass is 10.1. The summed E-state index contributed by atoms with van der Waals surface area (Å²) in [6.07, 6.45) is 4.45. The van der Waals surface area contributed by atoms with Crippen LogP contribution < -0.4 is 10.6 Å². The van der Waals surface area contributed by atoms with Crippen LogP contribution in [0.2, 0.25) is 0 Å². The molecule has 2 aliphatic carbocycles. The van der Waals surface area contributed by atoms with Gasteiger partial charge in [-0.05, 0) is 82.6 Å². The monoisotopic (exact) mass is 330 g/mol. The first-order chi connectivity index (χ1) is 11.3. The largest absolute Gasteiger partial charge is 0.444 e. The molecule has 5 nitrogen and oxygen atoms in total. The Morgan fingerprint density at radius 3 is 2.04 bits per heavy atom. The summed E-state index contributed by atoms with van der Waals surface area (Å²) in [4.78, 5) is 24.2. The van der Waals surface area contributed by atoms with Gasteiger partial charge in [0.15, 0.2) is 0 Å². The molecular formula is C19H26N2O3. The SMILES string of the molecule is CC(C)(C)OC(=O)Nc1ccc(C(=O)NC(C2CC2)C2CC2)cc1. The average molecular weight is 330 g/mol. The number of hydrogen-bond donors (Lipinski definition) is 2. The maximum Gasteiger partial charge on any atom is 0.412 e. The molecule has 0 spiro atoms. The first-order valence-corrected chi connectivity index (χ1v) is 8.73. The zero-order chi connectivity index (χ0) is 17.3. The quantitative estimate of drug-likeness (QED) is 0.859. The molecule has 2 N–H and O–H groups in total. The Labute approximate surface area is 143 Å². The van der Waals surface area contributed by atoms with Gasteiger partial charge in [-0.2, -0.15) is 0 Å². The third-order valence-electron chi connectivity index (χ3n) is 4.35. The Kier molecular flexibility index (Phi) is 4.52.